The fraction of sp³-hybridized carbons (Fsp3) is 0.353. The highest BCUT2D eigenvalue weighted by molar-refractivity contribution is 7.89. The lowest BCUT2D eigenvalue weighted by atomic mass is 10.1. The van der Waals surface area contributed by atoms with Crippen molar-refractivity contribution < 1.29 is 8.42 Å². The van der Waals surface area contributed by atoms with Gasteiger partial charge in [-0.25, -0.2) is 12.7 Å². The first-order valence-corrected chi connectivity index (χ1v) is 8.99. The van der Waals surface area contributed by atoms with Crippen molar-refractivity contribution in [3.63, 3.8) is 0 Å². The van der Waals surface area contributed by atoms with Gasteiger partial charge in [-0.2, -0.15) is 0 Å². The molecule has 0 bridgehead atoms. The van der Waals surface area contributed by atoms with Gasteiger partial charge in [-0.05, 0) is 54.7 Å². The van der Waals surface area contributed by atoms with Crippen LogP contribution >= 0.6 is 0 Å². The van der Waals surface area contributed by atoms with E-state index in [1.54, 1.807) is 19.3 Å². The summed E-state index contributed by atoms with van der Waals surface area (Å²) in [6, 6.07) is 11.2. The Balaban J connectivity index is 1.74. The average Bonchev–Trinajstić information content (AvgIpc) is 3.01. The second-order valence-corrected chi connectivity index (χ2v) is 7.73. The van der Waals surface area contributed by atoms with E-state index >= 15 is 0 Å². The second kappa shape index (κ2) is 6.18. The summed E-state index contributed by atoms with van der Waals surface area (Å²) in [5.41, 5.74) is 3.37. The van der Waals surface area contributed by atoms with E-state index in [1.807, 2.05) is 30.3 Å². The highest BCUT2D eigenvalue weighted by atomic mass is 32.2. The van der Waals surface area contributed by atoms with Gasteiger partial charge in [0.15, 0.2) is 0 Å². The van der Waals surface area contributed by atoms with Crippen LogP contribution in [0.15, 0.2) is 47.5 Å². The second-order valence-electron chi connectivity index (χ2n) is 5.68. The fourth-order valence-corrected chi connectivity index (χ4v) is 4.05. The molecular formula is C17H20N2O2S. The number of hydrogen-bond acceptors (Lipinski definition) is 3. The summed E-state index contributed by atoms with van der Waals surface area (Å²) < 4.78 is 26.7. The predicted octanol–water partition coefficient (Wildman–Crippen LogP) is 2.43. The number of hydrogen-bond donors (Lipinski definition) is 0. The van der Waals surface area contributed by atoms with Crippen LogP contribution in [0, 0.1) is 0 Å². The first kappa shape index (κ1) is 15.2. The van der Waals surface area contributed by atoms with Crippen molar-refractivity contribution in [2.75, 3.05) is 13.6 Å². The largest absolute Gasteiger partial charge is 0.261 e. The predicted molar refractivity (Wildman–Crippen MR) is 86.2 cm³/mol. The minimum Gasteiger partial charge on any atom is -0.261 e. The number of rotatable bonds is 5. The molecule has 116 valence electrons. The number of fused-ring (bicyclic) bond motifs is 1. The Bertz CT molecular complexity index is 757. The molecule has 0 unspecified atom stereocenters. The molecule has 0 radical (unpaired) electrons. The maximum absolute atomic E-state index is 12.7. The number of sulfonamides is 1. The number of pyridine rings is 1. The molecular weight excluding hydrogens is 296 g/mol. The molecule has 0 spiro atoms. The van der Waals surface area contributed by atoms with Crippen LogP contribution in [0.2, 0.25) is 0 Å². The molecule has 2 aromatic rings. The summed E-state index contributed by atoms with van der Waals surface area (Å²) in [7, 11) is -1.79. The molecule has 0 fully saturated rings. The van der Waals surface area contributed by atoms with Crippen molar-refractivity contribution in [3.05, 3.63) is 59.4 Å². The van der Waals surface area contributed by atoms with Gasteiger partial charge in [0, 0.05) is 31.9 Å². The quantitative estimate of drug-likeness (QED) is 0.851. The van der Waals surface area contributed by atoms with Gasteiger partial charge < -0.3 is 0 Å². The number of aromatic nitrogens is 1. The van der Waals surface area contributed by atoms with Crippen LogP contribution in [0.1, 0.15) is 23.2 Å². The average molecular weight is 316 g/mol. The van der Waals surface area contributed by atoms with Gasteiger partial charge in [0.25, 0.3) is 0 Å². The Kier molecular flexibility index (Phi) is 4.27. The maximum Gasteiger partial charge on any atom is 0.242 e. The minimum atomic E-state index is -3.43. The molecule has 0 N–H and O–H groups in total. The van der Waals surface area contributed by atoms with E-state index in [1.165, 1.54) is 15.4 Å². The van der Waals surface area contributed by atoms with Crippen molar-refractivity contribution in [3.8, 4) is 0 Å². The molecule has 0 aliphatic heterocycles. The zero-order valence-corrected chi connectivity index (χ0v) is 13.5. The molecule has 0 saturated carbocycles. The summed E-state index contributed by atoms with van der Waals surface area (Å²) in [5, 5.41) is 0. The summed E-state index contributed by atoms with van der Waals surface area (Å²) in [6.45, 7) is 0.427. The molecule has 1 aliphatic carbocycles. The van der Waals surface area contributed by atoms with Crippen molar-refractivity contribution >= 4 is 10.0 Å². The van der Waals surface area contributed by atoms with Crippen LogP contribution in [-0.2, 0) is 29.3 Å². The molecule has 3 rings (SSSR count). The molecule has 5 heteroatoms. The van der Waals surface area contributed by atoms with Crippen molar-refractivity contribution in [2.24, 2.45) is 0 Å². The summed E-state index contributed by atoms with van der Waals surface area (Å²) >= 11 is 0. The van der Waals surface area contributed by atoms with E-state index in [9.17, 15) is 8.42 Å². The molecule has 0 saturated heterocycles. The normalized spacial score (nSPS) is 14.3. The Morgan fingerprint density at radius 1 is 1.14 bits per heavy atom. The molecule has 0 amide bonds. The smallest absolute Gasteiger partial charge is 0.242 e. The van der Waals surface area contributed by atoms with Gasteiger partial charge in [0.1, 0.15) is 0 Å². The molecule has 1 heterocycles. The van der Waals surface area contributed by atoms with Crippen LogP contribution in [0.4, 0.5) is 0 Å². The van der Waals surface area contributed by atoms with Gasteiger partial charge in [0.2, 0.25) is 10.0 Å². The highest BCUT2D eigenvalue weighted by Gasteiger charge is 2.22. The Labute approximate surface area is 131 Å². The van der Waals surface area contributed by atoms with Gasteiger partial charge in [-0.1, -0.05) is 12.1 Å². The van der Waals surface area contributed by atoms with Gasteiger partial charge in [-0.15, -0.1) is 0 Å². The van der Waals surface area contributed by atoms with E-state index < -0.39 is 10.0 Å². The lowest BCUT2D eigenvalue weighted by Crippen LogP contribution is -2.29. The fourth-order valence-electron chi connectivity index (χ4n) is 2.83. The molecule has 22 heavy (non-hydrogen) atoms. The topological polar surface area (TPSA) is 50.3 Å². The van der Waals surface area contributed by atoms with Crippen LogP contribution < -0.4 is 0 Å². The summed E-state index contributed by atoms with van der Waals surface area (Å²) in [6.07, 6.45) is 5.50. The van der Waals surface area contributed by atoms with Crippen LogP contribution in [0.5, 0.6) is 0 Å². The molecule has 1 aromatic heterocycles. The molecule has 1 aliphatic rings. The minimum absolute atomic E-state index is 0.400. The lowest BCUT2D eigenvalue weighted by Gasteiger charge is -2.17. The van der Waals surface area contributed by atoms with Gasteiger partial charge in [-0.3, -0.25) is 4.98 Å². The number of aryl methyl sites for hydroxylation is 2. The van der Waals surface area contributed by atoms with Crippen LogP contribution in [0.25, 0.3) is 0 Å². The Morgan fingerprint density at radius 2 is 1.95 bits per heavy atom. The zero-order valence-electron chi connectivity index (χ0n) is 12.7. The van der Waals surface area contributed by atoms with Crippen LogP contribution in [-0.4, -0.2) is 31.3 Å². The highest BCUT2D eigenvalue weighted by Crippen LogP contribution is 2.25. The van der Waals surface area contributed by atoms with Crippen molar-refractivity contribution in [1.82, 2.24) is 9.29 Å². The monoisotopic (exact) mass is 316 g/mol. The Morgan fingerprint density at radius 3 is 2.73 bits per heavy atom. The third-order valence-electron chi connectivity index (χ3n) is 4.19. The van der Waals surface area contributed by atoms with E-state index in [0.717, 1.165) is 25.0 Å². The number of nitrogens with zero attached hydrogens (tertiary/aromatic N) is 2. The summed E-state index contributed by atoms with van der Waals surface area (Å²) in [5.74, 6) is 0. The SMILES string of the molecule is CN(CCc1ccccn1)S(=O)(=O)c1ccc2c(c1)CCC2. The standard InChI is InChI=1S/C17H20N2O2S/c1-19(12-10-16-7-2-3-11-18-16)22(20,21)17-9-8-14-5-4-6-15(14)13-17/h2-3,7-9,11,13H,4-6,10,12H2,1H3. The first-order chi connectivity index (χ1) is 10.6. The van der Waals surface area contributed by atoms with Crippen molar-refractivity contribution in [1.29, 1.82) is 0 Å². The molecule has 1 aromatic carbocycles. The maximum atomic E-state index is 12.7. The van der Waals surface area contributed by atoms with Crippen molar-refractivity contribution in [2.45, 2.75) is 30.6 Å². The Hall–Kier alpha value is -1.72. The third-order valence-corrected chi connectivity index (χ3v) is 6.04. The van der Waals surface area contributed by atoms with E-state index in [2.05, 4.69) is 4.98 Å². The first-order valence-electron chi connectivity index (χ1n) is 7.55. The lowest BCUT2D eigenvalue weighted by molar-refractivity contribution is 0.471. The zero-order chi connectivity index (χ0) is 15.6. The van der Waals surface area contributed by atoms with Crippen LogP contribution in [0.3, 0.4) is 0 Å². The molecule has 0 atom stereocenters. The number of benzene rings is 1. The van der Waals surface area contributed by atoms with E-state index in [4.69, 9.17) is 0 Å². The molecule has 4 nitrogen and oxygen atoms in total. The number of likely N-dealkylation sites (N-methyl/N-ethyl adjacent to an activating group) is 1. The van der Waals surface area contributed by atoms with E-state index in [-0.39, 0.29) is 0 Å². The van der Waals surface area contributed by atoms with E-state index in [0.29, 0.717) is 17.9 Å². The summed E-state index contributed by atoms with van der Waals surface area (Å²) in [4.78, 5) is 4.63. The van der Waals surface area contributed by atoms with Gasteiger partial charge in [0.05, 0.1) is 4.90 Å². The van der Waals surface area contributed by atoms with Gasteiger partial charge >= 0.3 is 0 Å². The third kappa shape index (κ3) is 3.05.